The minimum atomic E-state index is -0.190. The van der Waals surface area contributed by atoms with E-state index >= 15 is 0 Å². The zero-order chi connectivity index (χ0) is 21.1. The standard InChI is InChI=1S/C23H28N4O2S/c1-4-30-21(19-7-5-6-8-20(19)28)23-25-24-22(29-23)16-9-11-17(12-10-16)27-14-13-18(15-27)26(2)3/h5-12,18,21,28H,4,13-15H2,1-3H3. The van der Waals surface area contributed by atoms with Gasteiger partial charge in [0.1, 0.15) is 11.0 Å². The van der Waals surface area contributed by atoms with E-state index in [1.54, 1.807) is 17.8 Å². The number of phenols is 1. The number of anilines is 1. The monoisotopic (exact) mass is 424 g/mol. The Hall–Kier alpha value is -2.51. The number of aromatic hydroxyl groups is 1. The molecule has 1 saturated heterocycles. The van der Waals surface area contributed by atoms with Gasteiger partial charge < -0.3 is 19.3 Å². The summed E-state index contributed by atoms with van der Waals surface area (Å²) in [7, 11) is 4.29. The Morgan fingerprint density at radius 1 is 1.17 bits per heavy atom. The quantitative estimate of drug-likeness (QED) is 0.602. The van der Waals surface area contributed by atoms with E-state index < -0.39 is 0 Å². The van der Waals surface area contributed by atoms with Crippen LogP contribution in [0.4, 0.5) is 5.69 Å². The van der Waals surface area contributed by atoms with Crippen molar-refractivity contribution in [3.05, 3.63) is 60.0 Å². The molecule has 2 heterocycles. The first-order chi connectivity index (χ1) is 14.6. The summed E-state index contributed by atoms with van der Waals surface area (Å²) < 4.78 is 6.03. The average Bonchev–Trinajstić information content (AvgIpc) is 3.43. The number of para-hydroxylation sites is 1. The minimum Gasteiger partial charge on any atom is -0.508 e. The van der Waals surface area contributed by atoms with E-state index in [0.717, 1.165) is 30.0 Å². The Kier molecular flexibility index (Phi) is 6.29. The van der Waals surface area contributed by atoms with E-state index in [1.807, 2.05) is 30.3 Å². The molecule has 158 valence electrons. The lowest BCUT2D eigenvalue weighted by molar-refractivity contribution is 0.315. The summed E-state index contributed by atoms with van der Waals surface area (Å²) >= 11 is 1.66. The molecule has 3 aromatic rings. The van der Waals surface area contributed by atoms with Crippen LogP contribution in [0.5, 0.6) is 5.75 Å². The molecule has 6 nitrogen and oxygen atoms in total. The van der Waals surface area contributed by atoms with E-state index in [2.05, 4.69) is 53.1 Å². The lowest BCUT2D eigenvalue weighted by Gasteiger charge is -2.21. The van der Waals surface area contributed by atoms with Crippen LogP contribution < -0.4 is 4.90 Å². The second kappa shape index (κ2) is 9.10. The highest BCUT2D eigenvalue weighted by Gasteiger charge is 2.25. The average molecular weight is 425 g/mol. The summed E-state index contributed by atoms with van der Waals surface area (Å²) in [4.78, 5) is 4.71. The molecule has 0 amide bonds. The van der Waals surface area contributed by atoms with Gasteiger partial charge in [-0.25, -0.2) is 0 Å². The summed E-state index contributed by atoms with van der Waals surface area (Å²) in [5.74, 6) is 2.13. The molecule has 0 aliphatic carbocycles. The number of thioether (sulfide) groups is 1. The number of rotatable bonds is 7. The summed E-state index contributed by atoms with van der Waals surface area (Å²) in [5, 5.41) is 18.6. The largest absolute Gasteiger partial charge is 0.508 e. The van der Waals surface area contributed by atoms with Gasteiger partial charge in [0.15, 0.2) is 0 Å². The van der Waals surface area contributed by atoms with Crippen LogP contribution in [0.1, 0.15) is 30.0 Å². The molecule has 4 rings (SSSR count). The van der Waals surface area contributed by atoms with Crippen LogP contribution in [-0.2, 0) is 0 Å². The van der Waals surface area contributed by atoms with E-state index in [9.17, 15) is 5.11 Å². The molecule has 30 heavy (non-hydrogen) atoms. The molecular formula is C23H28N4O2S. The SMILES string of the molecule is CCSC(c1nnc(-c2ccc(N3CCC(N(C)C)C3)cc2)o1)c1ccccc1O. The molecule has 2 aromatic carbocycles. The van der Waals surface area contributed by atoms with Crippen molar-refractivity contribution in [2.24, 2.45) is 0 Å². The Bertz CT molecular complexity index is 973. The third kappa shape index (κ3) is 4.32. The maximum Gasteiger partial charge on any atom is 0.247 e. The van der Waals surface area contributed by atoms with Crippen molar-refractivity contribution >= 4 is 17.4 Å². The Labute approximate surface area is 181 Å². The highest BCUT2D eigenvalue weighted by Crippen LogP contribution is 2.39. The Balaban J connectivity index is 1.53. The van der Waals surface area contributed by atoms with Gasteiger partial charge in [-0.15, -0.1) is 22.0 Å². The highest BCUT2D eigenvalue weighted by molar-refractivity contribution is 7.99. The van der Waals surface area contributed by atoms with Gasteiger partial charge in [0.25, 0.3) is 0 Å². The molecule has 1 aliphatic rings. The first kappa shape index (κ1) is 20.8. The lowest BCUT2D eigenvalue weighted by Crippen LogP contribution is -2.31. The summed E-state index contributed by atoms with van der Waals surface area (Å²) in [6.07, 6.45) is 1.19. The zero-order valence-electron chi connectivity index (χ0n) is 17.7. The molecule has 2 unspecified atom stereocenters. The number of hydrogen-bond acceptors (Lipinski definition) is 7. The van der Waals surface area contributed by atoms with Crippen molar-refractivity contribution in [3.8, 4) is 17.2 Å². The van der Waals surface area contributed by atoms with Gasteiger partial charge in [-0.1, -0.05) is 25.1 Å². The first-order valence-electron chi connectivity index (χ1n) is 10.3. The molecule has 0 saturated carbocycles. The zero-order valence-corrected chi connectivity index (χ0v) is 18.5. The van der Waals surface area contributed by atoms with Crippen LogP contribution in [0, 0.1) is 0 Å². The second-order valence-electron chi connectivity index (χ2n) is 7.74. The van der Waals surface area contributed by atoms with Crippen LogP contribution in [-0.4, -0.2) is 59.2 Å². The van der Waals surface area contributed by atoms with Crippen molar-refractivity contribution in [2.75, 3.05) is 37.8 Å². The van der Waals surface area contributed by atoms with Crippen LogP contribution in [0.2, 0.25) is 0 Å². The third-order valence-electron chi connectivity index (χ3n) is 5.59. The summed E-state index contributed by atoms with van der Waals surface area (Å²) in [5.41, 5.74) is 2.91. The van der Waals surface area contributed by atoms with E-state index in [4.69, 9.17) is 4.42 Å². The van der Waals surface area contributed by atoms with Gasteiger partial charge in [-0.05, 0) is 56.6 Å². The van der Waals surface area contributed by atoms with Crippen molar-refractivity contribution in [2.45, 2.75) is 24.6 Å². The maximum absolute atomic E-state index is 10.3. The van der Waals surface area contributed by atoms with E-state index in [0.29, 0.717) is 17.8 Å². The summed E-state index contributed by atoms with van der Waals surface area (Å²) in [6.45, 7) is 4.20. The molecule has 2 atom stereocenters. The molecule has 0 radical (unpaired) electrons. The van der Waals surface area contributed by atoms with Crippen LogP contribution in [0.15, 0.2) is 52.9 Å². The number of likely N-dealkylation sites (N-methyl/N-ethyl adjacent to an activating group) is 1. The van der Waals surface area contributed by atoms with E-state index in [-0.39, 0.29) is 11.0 Å². The van der Waals surface area contributed by atoms with Crippen molar-refractivity contribution < 1.29 is 9.52 Å². The summed E-state index contributed by atoms with van der Waals surface area (Å²) in [6, 6.07) is 16.2. The van der Waals surface area contributed by atoms with Crippen molar-refractivity contribution in [3.63, 3.8) is 0 Å². The normalized spacial score (nSPS) is 17.6. The molecule has 1 aromatic heterocycles. The smallest absolute Gasteiger partial charge is 0.247 e. The molecule has 7 heteroatoms. The van der Waals surface area contributed by atoms with Crippen LogP contribution >= 0.6 is 11.8 Å². The van der Waals surface area contributed by atoms with Gasteiger partial charge >= 0.3 is 0 Å². The predicted molar refractivity (Wildman–Crippen MR) is 122 cm³/mol. The minimum absolute atomic E-state index is 0.190. The number of hydrogen-bond donors (Lipinski definition) is 1. The first-order valence-corrected chi connectivity index (χ1v) is 11.4. The van der Waals surface area contributed by atoms with Gasteiger partial charge in [0.05, 0.1) is 0 Å². The molecule has 0 spiro atoms. The number of nitrogens with zero attached hydrogens (tertiary/aromatic N) is 4. The third-order valence-corrected chi connectivity index (χ3v) is 6.71. The van der Waals surface area contributed by atoms with Crippen LogP contribution in [0.25, 0.3) is 11.5 Å². The number of phenolic OH excluding ortho intramolecular Hbond substituents is 1. The maximum atomic E-state index is 10.3. The molecular weight excluding hydrogens is 396 g/mol. The van der Waals surface area contributed by atoms with Gasteiger partial charge in [0, 0.05) is 35.9 Å². The molecule has 0 bridgehead atoms. The fourth-order valence-electron chi connectivity index (χ4n) is 3.84. The predicted octanol–water partition coefficient (Wildman–Crippen LogP) is 4.43. The number of benzene rings is 2. The number of aromatic nitrogens is 2. The Morgan fingerprint density at radius 2 is 1.93 bits per heavy atom. The molecule has 1 N–H and O–H groups in total. The lowest BCUT2D eigenvalue weighted by atomic mass is 10.1. The van der Waals surface area contributed by atoms with E-state index in [1.165, 1.54) is 12.1 Å². The Morgan fingerprint density at radius 3 is 2.60 bits per heavy atom. The van der Waals surface area contributed by atoms with Crippen molar-refractivity contribution in [1.29, 1.82) is 0 Å². The molecule has 1 fully saturated rings. The fraction of sp³-hybridized carbons (Fsp3) is 0.391. The van der Waals surface area contributed by atoms with Crippen molar-refractivity contribution in [1.82, 2.24) is 15.1 Å². The molecule has 1 aliphatic heterocycles. The topological polar surface area (TPSA) is 65.6 Å². The van der Waals surface area contributed by atoms with Gasteiger partial charge in [-0.3, -0.25) is 0 Å². The highest BCUT2D eigenvalue weighted by atomic mass is 32.2. The fourth-order valence-corrected chi connectivity index (χ4v) is 4.79. The van der Waals surface area contributed by atoms with Gasteiger partial charge in [-0.2, -0.15) is 0 Å². The van der Waals surface area contributed by atoms with Crippen LogP contribution in [0.3, 0.4) is 0 Å². The van der Waals surface area contributed by atoms with Gasteiger partial charge in [0.2, 0.25) is 11.8 Å². The second-order valence-corrected chi connectivity index (χ2v) is 9.12.